The minimum Gasteiger partial charge on any atom is -0.449 e. The standard InChI is InChI=1S/C30H31BFNO6S/c1-29(2)30(3,4)39-31(38-29)21(17-20-11-5-10-16-27(20)40(32,35)36)18-33-28(34)37-19-26-24-14-8-6-12-22(24)23-13-7-9-15-25(23)26/h5-17,26H,18-19H2,1-4H3,(H,33,34). The van der Waals surface area contributed by atoms with Crippen LogP contribution in [0.1, 0.15) is 50.3 Å². The highest BCUT2D eigenvalue weighted by atomic mass is 32.3. The van der Waals surface area contributed by atoms with Crippen molar-refractivity contribution >= 4 is 29.5 Å². The highest BCUT2D eigenvalue weighted by Crippen LogP contribution is 2.44. The highest BCUT2D eigenvalue weighted by Gasteiger charge is 2.52. The smallest absolute Gasteiger partial charge is 0.449 e. The van der Waals surface area contributed by atoms with Gasteiger partial charge in [-0.3, -0.25) is 0 Å². The maximum atomic E-state index is 14.0. The number of amides is 1. The molecule has 0 saturated carbocycles. The molecule has 1 aliphatic heterocycles. The summed E-state index contributed by atoms with van der Waals surface area (Å²) in [5.74, 6) is -0.0992. The Kier molecular flexibility index (Phi) is 7.37. The van der Waals surface area contributed by atoms with E-state index in [1.54, 1.807) is 6.07 Å². The summed E-state index contributed by atoms with van der Waals surface area (Å²) in [5.41, 5.74) is 3.58. The highest BCUT2D eigenvalue weighted by molar-refractivity contribution is 7.86. The molecule has 40 heavy (non-hydrogen) atoms. The van der Waals surface area contributed by atoms with E-state index in [1.165, 1.54) is 24.3 Å². The second-order valence-electron chi connectivity index (χ2n) is 11.0. The van der Waals surface area contributed by atoms with Crippen LogP contribution in [0.3, 0.4) is 0 Å². The molecule has 5 rings (SSSR count). The average molecular weight is 563 g/mol. The van der Waals surface area contributed by atoms with Crippen LogP contribution >= 0.6 is 0 Å². The molecule has 3 aromatic carbocycles. The van der Waals surface area contributed by atoms with E-state index in [-0.39, 0.29) is 24.6 Å². The number of nitrogens with one attached hydrogen (secondary N) is 1. The molecule has 1 N–H and O–H groups in total. The fourth-order valence-corrected chi connectivity index (χ4v) is 5.69. The SMILES string of the molecule is CC1(C)OB(C(=Cc2ccccc2S(=O)(=O)F)CNC(=O)OCC2c3ccccc3-c3ccccc32)OC1(C)C. The number of hydrogen-bond donors (Lipinski definition) is 1. The zero-order valence-electron chi connectivity index (χ0n) is 22.8. The van der Waals surface area contributed by atoms with Crippen molar-refractivity contribution in [3.63, 3.8) is 0 Å². The third-order valence-corrected chi connectivity index (χ3v) is 8.76. The molecule has 7 nitrogen and oxygen atoms in total. The maximum absolute atomic E-state index is 14.0. The number of hydrogen-bond acceptors (Lipinski definition) is 6. The molecule has 0 radical (unpaired) electrons. The van der Waals surface area contributed by atoms with Crippen LogP contribution in [0.25, 0.3) is 17.2 Å². The van der Waals surface area contributed by atoms with Gasteiger partial charge in [0.05, 0.1) is 11.2 Å². The number of rotatable bonds is 7. The first-order valence-corrected chi connectivity index (χ1v) is 14.4. The summed E-state index contributed by atoms with van der Waals surface area (Å²) in [6.45, 7) is 7.58. The molecule has 0 bridgehead atoms. The van der Waals surface area contributed by atoms with E-state index in [9.17, 15) is 17.1 Å². The van der Waals surface area contributed by atoms with Gasteiger partial charge in [0.1, 0.15) is 11.5 Å². The number of ether oxygens (including phenoxy) is 1. The second-order valence-corrected chi connectivity index (χ2v) is 12.3. The lowest BCUT2D eigenvalue weighted by Gasteiger charge is -2.32. The van der Waals surface area contributed by atoms with Crippen LogP contribution in [0.4, 0.5) is 8.68 Å². The van der Waals surface area contributed by atoms with Gasteiger partial charge in [0.25, 0.3) is 0 Å². The van der Waals surface area contributed by atoms with Gasteiger partial charge in [-0.15, -0.1) is 3.89 Å². The Morgan fingerprint density at radius 2 is 1.45 bits per heavy atom. The summed E-state index contributed by atoms with van der Waals surface area (Å²) < 4.78 is 55.5. The van der Waals surface area contributed by atoms with E-state index in [2.05, 4.69) is 17.4 Å². The lowest BCUT2D eigenvalue weighted by Crippen LogP contribution is -2.41. The van der Waals surface area contributed by atoms with E-state index >= 15 is 0 Å². The number of fused-ring (bicyclic) bond motifs is 3. The molecule has 1 heterocycles. The Morgan fingerprint density at radius 3 is 2.02 bits per heavy atom. The summed E-state index contributed by atoms with van der Waals surface area (Å²) in [5, 5.41) is 2.73. The van der Waals surface area contributed by atoms with E-state index in [0.29, 0.717) is 5.47 Å². The largest absolute Gasteiger partial charge is 0.492 e. The van der Waals surface area contributed by atoms with Gasteiger partial charge in [-0.2, -0.15) is 8.42 Å². The fraction of sp³-hybridized carbons (Fsp3) is 0.300. The van der Waals surface area contributed by atoms with Crippen molar-refractivity contribution in [2.75, 3.05) is 13.2 Å². The number of alkyl carbamates (subject to hydrolysis) is 1. The van der Waals surface area contributed by atoms with Gasteiger partial charge >= 0.3 is 23.4 Å². The van der Waals surface area contributed by atoms with Gasteiger partial charge in [-0.05, 0) is 67.1 Å². The molecule has 0 atom stereocenters. The number of benzene rings is 3. The summed E-state index contributed by atoms with van der Waals surface area (Å²) in [6, 6.07) is 21.8. The van der Waals surface area contributed by atoms with Crippen LogP contribution in [0.15, 0.2) is 83.2 Å². The molecule has 1 fully saturated rings. The molecular weight excluding hydrogens is 532 g/mol. The summed E-state index contributed by atoms with van der Waals surface area (Å²) >= 11 is 0. The van der Waals surface area contributed by atoms with Crippen LogP contribution in [0.5, 0.6) is 0 Å². The van der Waals surface area contributed by atoms with Gasteiger partial charge in [0.15, 0.2) is 0 Å². The van der Waals surface area contributed by atoms with Gasteiger partial charge in [-0.1, -0.05) is 72.8 Å². The molecular formula is C30H31BFNO6S. The van der Waals surface area contributed by atoms with Crippen molar-refractivity contribution in [1.29, 1.82) is 0 Å². The molecule has 1 amide bonds. The van der Waals surface area contributed by atoms with E-state index in [1.807, 2.05) is 64.1 Å². The normalized spacial score (nSPS) is 17.8. The molecule has 0 aromatic heterocycles. The summed E-state index contributed by atoms with van der Waals surface area (Å²) in [7, 11) is -5.89. The van der Waals surface area contributed by atoms with Crippen LogP contribution in [0, 0.1) is 0 Å². The molecule has 0 spiro atoms. The summed E-state index contributed by atoms with van der Waals surface area (Å²) in [4.78, 5) is 12.4. The first-order chi connectivity index (χ1) is 18.9. The van der Waals surface area contributed by atoms with Crippen molar-refractivity contribution in [3.05, 3.63) is 95.0 Å². The quantitative estimate of drug-likeness (QED) is 0.285. The third kappa shape index (κ3) is 5.43. The molecule has 0 unspecified atom stereocenters. The zero-order chi connectivity index (χ0) is 28.7. The predicted octanol–water partition coefficient (Wildman–Crippen LogP) is 5.90. The molecule has 1 saturated heterocycles. The average Bonchev–Trinajstić information content (AvgIpc) is 3.34. The fourth-order valence-electron chi connectivity index (χ4n) is 5.04. The predicted molar refractivity (Wildman–Crippen MR) is 152 cm³/mol. The Bertz CT molecular complexity index is 1520. The van der Waals surface area contributed by atoms with Crippen LogP contribution in [0.2, 0.25) is 0 Å². The van der Waals surface area contributed by atoms with Crippen molar-refractivity contribution in [2.45, 2.75) is 49.7 Å². The Balaban J connectivity index is 1.35. The first-order valence-electron chi connectivity index (χ1n) is 13.1. The Morgan fingerprint density at radius 1 is 0.925 bits per heavy atom. The Labute approximate surface area is 234 Å². The lowest BCUT2D eigenvalue weighted by molar-refractivity contribution is 0.00578. The molecule has 208 valence electrons. The lowest BCUT2D eigenvalue weighted by atomic mass is 9.77. The van der Waals surface area contributed by atoms with Crippen molar-refractivity contribution in [3.8, 4) is 11.1 Å². The van der Waals surface area contributed by atoms with Crippen molar-refractivity contribution in [2.24, 2.45) is 0 Å². The minimum atomic E-state index is -4.98. The third-order valence-electron chi connectivity index (χ3n) is 7.86. The first kappa shape index (κ1) is 28.1. The monoisotopic (exact) mass is 563 g/mol. The van der Waals surface area contributed by atoms with E-state index in [4.69, 9.17) is 14.0 Å². The molecule has 2 aliphatic rings. The van der Waals surface area contributed by atoms with E-state index < -0.39 is 39.5 Å². The topological polar surface area (TPSA) is 90.9 Å². The van der Waals surface area contributed by atoms with Crippen LogP contribution in [-0.4, -0.2) is 46.0 Å². The van der Waals surface area contributed by atoms with Crippen LogP contribution < -0.4 is 5.32 Å². The van der Waals surface area contributed by atoms with E-state index in [0.717, 1.165) is 22.3 Å². The van der Waals surface area contributed by atoms with Crippen molar-refractivity contribution in [1.82, 2.24) is 5.32 Å². The molecule has 10 heteroatoms. The van der Waals surface area contributed by atoms with Gasteiger partial charge < -0.3 is 19.4 Å². The molecule has 3 aromatic rings. The minimum absolute atomic E-state index is 0.0752. The summed E-state index contributed by atoms with van der Waals surface area (Å²) in [6.07, 6.45) is 0.814. The second kappa shape index (κ2) is 10.5. The number of halogens is 1. The Hall–Kier alpha value is -3.47. The van der Waals surface area contributed by atoms with Gasteiger partial charge in [-0.25, -0.2) is 4.79 Å². The molecule has 1 aliphatic carbocycles. The zero-order valence-corrected chi connectivity index (χ0v) is 23.6. The number of carbonyl (C=O) groups is 1. The van der Waals surface area contributed by atoms with Gasteiger partial charge in [0.2, 0.25) is 0 Å². The van der Waals surface area contributed by atoms with Gasteiger partial charge in [0, 0.05) is 12.5 Å². The number of carbonyl (C=O) groups excluding carboxylic acids is 1. The van der Waals surface area contributed by atoms with Crippen LogP contribution in [-0.2, 0) is 24.3 Å². The van der Waals surface area contributed by atoms with Crippen molar-refractivity contribution < 1.29 is 31.1 Å². The maximum Gasteiger partial charge on any atom is 0.492 e.